The maximum atomic E-state index is 12.4. The molecule has 2 atom stereocenters. The number of rotatable bonds is 8. The van der Waals surface area contributed by atoms with E-state index >= 15 is 0 Å². The highest BCUT2D eigenvalue weighted by molar-refractivity contribution is 7.17. The highest BCUT2D eigenvalue weighted by Gasteiger charge is 2.22. The van der Waals surface area contributed by atoms with Gasteiger partial charge in [-0.1, -0.05) is 24.2 Å². The van der Waals surface area contributed by atoms with Crippen LogP contribution >= 0.6 is 11.3 Å². The molecule has 0 bridgehead atoms. The molecular formula is C15H23N5O5S. The number of nitrogen functional groups attached to an aromatic ring is 1. The summed E-state index contributed by atoms with van der Waals surface area (Å²) >= 11 is 0.981. The molecule has 1 fully saturated rings. The molecule has 26 heavy (non-hydrogen) atoms. The number of fused-ring (bicyclic) bond motifs is 1. The van der Waals surface area contributed by atoms with Crippen LogP contribution in [0, 0.1) is 0 Å². The van der Waals surface area contributed by atoms with Gasteiger partial charge in [0.2, 0.25) is 5.95 Å². The molecule has 2 aromatic heterocycles. The van der Waals surface area contributed by atoms with Crippen molar-refractivity contribution in [2.75, 3.05) is 24.3 Å². The molecule has 3 rings (SSSR count). The first-order valence-corrected chi connectivity index (χ1v) is 9.30. The van der Waals surface area contributed by atoms with Gasteiger partial charge in [-0.25, -0.2) is 0 Å². The molecule has 1 aliphatic rings. The monoisotopic (exact) mass is 385 g/mol. The van der Waals surface area contributed by atoms with Gasteiger partial charge in [-0.15, -0.1) is 0 Å². The molecule has 0 unspecified atom stereocenters. The number of aliphatic hydroxyl groups is 3. The van der Waals surface area contributed by atoms with E-state index in [4.69, 9.17) is 15.6 Å². The molecular weight excluding hydrogens is 362 g/mol. The van der Waals surface area contributed by atoms with Crippen molar-refractivity contribution >= 4 is 33.5 Å². The van der Waals surface area contributed by atoms with Crippen LogP contribution in [0.5, 0.6) is 0 Å². The van der Waals surface area contributed by atoms with Crippen molar-refractivity contribution in [3.05, 3.63) is 9.67 Å². The molecule has 0 aromatic carbocycles. The normalized spacial score (nSPS) is 17.7. The summed E-state index contributed by atoms with van der Waals surface area (Å²) in [6.45, 7) is -1.29. The number of aliphatic hydroxyl groups excluding tert-OH is 3. The Bertz CT molecular complexity index is 804. The summed E-state index contributed by atoms with van der Waals surface area (Å²) in [5, 5.41) is 31.2. The standard InChI is InChI=1S/C15H23N5O5S/c16-14-18-12(17-8-3-1-2-4-8)11-13(19-14)20(15(24)26-11)7-25-10(6-22)9(23)5-21/h8-10,21-23H,1-7H2,(H3,16,17,18,19)/t9-,10+/m0/s1. The smallest absolute Gasteiger partial charge is 0.311 e. The van der Waals surface area contributed by atoms with Gasteiger partial charge in [-0.2, -0.15) is 9.97 Å². The van der Waals surface area contributed by atoms with Gasteiger partial charge < -0.3 is 31.1 Å². The lowest BCUT2D eigenvalue weighted by Gasteiger charge is -2.19. The molecule has 2 aromatic rings. The minimum Gasteiger partial charge on any atom is -0.394 e. The molecule has 0 aliphatic heterocycles. The topological polar surface area (TPSA) is 156 Å². The molecule has 10 nitrogen and oxygen atoms in total. The highest BCUT2D eigenvalue weighted by Crippen LogP contribution is 2.28. The van der Waals surface area contributed by atoms with Gasteiger partial charge in [0, 0.05) is 6.04 Å². The maximum absolute atomic E-state index is 12.4. The van der Waals surface area contributed by atoms with E-state index in [1.165, 1.54) is 4.57 Å². The zero-order chi connectivity index (χ0) is 18.7. The first-order chi connectivity index (χ1) is 12.5. The van der Waals surface area contributed by atoms with Gasteiger partial charge in [0.15, 0.2) is 11.5 Å². The van der Waals surface area contributed by atoms with Crippen molar-refractivity contribution < 1.29 is 20.1 Å². The molecule has 11 heteroatoms. The van der Waals surface area contributed by atoms with E-state index in [0.717, 1.165) is 37.0 Å². The van der Waals surface area contributed by atoms with Gasteiger partial charge in [-0.05, 0) is 12.8 Å². The van der Waals surface area contributed by atoms with Crippen molar-refractivity contribution in [3.63, 3.8) is 0 Å². The Hall–Kier alpha value is -1.79. The number of thiazole rings is 1. The Labute approximate surface area is 153 Å². The molecule has 2 heterocycles. The second-order valence-corrected chi connectivity index (χ2v) is 7.23. The summed E-state index contributed by atoms with van der Waals surface area (Å²) in [5.74, 6) is 0.577. The molecule has 0 amide bonds. The summed E-state index contributed by atoms with van der Waals surface area (Å²) in [5.41, 5.74) is 6.14. The van der Waals surface area contributed by atoms with Gasteiger partial charge in [0.05, 0.1) is 13.2 Å². The van der Waals surface area contributed by atoms with Crippen LogP contribution in [0.15, 0.2) is 4.79 Å². The third-order valence-electron chi connectivity index (χ3n) is 4.44. The fraction of sp³-hybridized carbons (Fsp3) is 0.667. The average Bonchev–Trinajstić information content (AvgIpc) is 3.23. The second kappa shape index (κ2) is 8.27. The van der Waals surface area contributed by atoms with Crippen LogP contribution in [-0.2, 0) is 11.5 Å². The summed E-state index contributed by atoms with van der Waals surface area (Å²) in [7, 11) is 0. The first kappa shape index (κ1) is 19.0. The molecule has 144 valence electrons. The van der Waals surface area contributed by atoms with Crippen LogP contribution in [-0.4, -0.2) is 61.3 Å². The summed E-state index contributed by atoms with van der Waals surface area (Å²) < 4.78 is 7.23. The maximum Gasteiger partial charge on any atom is 0.311 e. The van der Waals surface area contributed by atoms with Crippen LogP contribution in [0.25, 0.3) is 10.3 Å². The third kappa shape index (κ3) is 3.96. The third-order valence-corrected chi connectivity index (χ3v) is 5.42. The van der Waals surface area contributed by atoms with E-state index in [9.17, 15) is 15.0 Å². The lowest BCUT2D eigenvalue weighted by Crippen LogP contribution is -2.36. The molecule has 0 saturated heterocycles. The van der Waals surface area contributed by atoms with E-state index in [2.05, 4.69) is 15.3 Å². The molecule has 1 aliphatic carbocycles. The number of nitrogens with two attached hydrogens (primary N) is 1. The van der Waals surface area contributed by atoms with E-state index < -0.39 is 25.4 Å². The Kier molecular flexibility index (Phi) is 6.04. The summed E-state index contributed by atoms with van der Waals surface area (Å²) in [4.78, 5) is 20.4. The Morgan fingerprint density at radius 2 is 2.04 bits per heavy atom. The highest BCUT2D eigenvalue weighted by atomic mass is 32.1. The van der Waals surface area contributed by atoms with Crippen LogP contribution in [0.2, 0.25) is 0 Å². The number of hydrogen-bond acceptors (Lipinski definition) is 10. The van der Waals surface area contributed by atoms with Crippen LogP contribution in [0.1, 0.15) is 25.7 Å². The van der Waals surface area contributed by atoms with Gasteiger partial charge in [0.1, 0.15) is 23.6 Å². The van der Waals surface area contributed by atoms with Crippen molar-refractivity contribution in [2.45, 2.75) is 50.7 Å². The number of aromatic nitrogens is 3. The number of anilines is 2. The quantitative estimate of drug-likeness (QED) is 0.403. The molecule has 6 N–H and O–H groups in total. The number of hydrogen-bond donors (Lipinski definition) is 5. The molecule has 0 spiro atoms. The largest absolute Gasteiger partial charge is 0.394 e. The fourth-order valence-electron chi connectivity index (χ4n) is 3.01. The fourth-order valence-corrected chi connectivity index (χ4v) is 3.88. The van der Waals surface area contributed by atoms with Crippen molar-refractivity contribution in [1.82, 2.24) is 14.5 Å². The number of nitrogens with zero attached hydrogens (tertiary/aromatic N) is 3. The molecule has 1 saturated carbocycles. The number of nitrogens with one attached hydrogen (secondary N) is 1. The Morgan fingerprint density at radius 3 is 2.69 bits per heavy atom. The lowest BCUT2D eigenvalue weighted by atomic mass is 10.2. The zero-order valence-corrected chi connectivity index (χ0v) is 15.0. The summed E-state index contributed by atoms with van der Waals surface area (Å²) in [6.07, 6.45) is 2.13. The lowest BCUT2D eigenvalue weighted by molar-refractivity contribution is -0.100. The minimum atomic E-state index is -1.25. The van der Waals surface area contributed by atoms with E-state index in [-0.39, 0.29) is 17.6 Å². The van der Waals surface area contributed by atoms with Gasteiger partial charge in [0.25, 0.3) is 0 Å². The van der Waals surface area contributed by atoms with E-state index in [1.807, 2.05) is 0 Å². The second-order valence-electron chi connectivity index (χ2n) is 6.27. The van der Waals surface area contributed by atoms with Crippen LogP contribution in [0.3, 0.4) is 0 Å². The predicted molar refractivity (Wildman–Crippen MR) is 97.0 cm³/mol. The first-order valence-electron chi connectivity index (χ1n) is 8.48. The van der Waals surface area contributed by atoms with Crippen molar-refractivity contribution in [2.24, 2.45) is 0 Å². The molecule has 0 radical (unpaired) electrons. The SMILES string of the molecule is Nc1nc(NC2CCCC2)c2sc(=O)n(CO[C@H](CO)[C@@H](O)CO)c2n1. The van der Waals surface area contributed by atoms with Crippen molar-refractivity contribution in [1.29, 1.82) is 0 Å². The van der Waals surface area contributed by atoms with E-state index in [1.54, 1.807) is 0 Å². The zero-order valence-electron chi connectivity index (χ0n) is 14.2. The van der Waals surface area contributed by atoms with Crippen LogP contribution in [0.4, 0.5) is 11.8 Å². The predicted octanol–water partition coefficient (Wildman–Crippen LogP) is -0.522. The minimum absolute atomic E-state index is 0.0404. The van der Waals surface area contributed by atoms with Gasteiger partial charge >= 0.3 is 4.87 Å². The van der Waals surface area contributed by atoms with Gasteiger partial charge in [-0.3, -0.25) is 9.36 Å². The summed E-state index contributed by atoms with van der Waals surface area (Å²) in [6, 6.07) is 0.299. The average molecular weight is 385 g/mol. The van der Waals surface area contributed by atoms with E-state index in [0.29, 0.717) is 22.2 Å². The van der Waals surface area contributed by atoms with Crippen molar-refractivity contribution in [3.8, 4) is 0 Å². The number of ether oxygens (including phenoxy) is 1. The Balaban J connectivity index is 1.87. The Morgan fingerprint density at radius 1 is 1.31 bits per heavy atom. The van der Waals surface area contributed by atoms with Crippen LogP contribution < -0.4 is 15.9 Å².